The molecule has 4 rings (SSSR count). The molecule has 0 bridgehead atoms. The third-order valence-electron chi connectivity index (χ3n) is 5.42. The number of carbonyl (C=O) groups is 1. The highest BCUT2D eigenvalue weighted by atomic mass is 35.5. The number of benzene rings is 2. The van der Waals surface area contributed by atoms with Crippen LogP contribution < -0.4 is 15.0 Å². The van der Waals surface area contributed by atoms with E-state index >= 15 is 0 Å². The van der Waals surface area contributed by atoms with Gasteiger partial charge < -0.3 is 15.0 Å². The lowest BCUT2D eigenvalue weighted by atomic mass is 10.2. The van der Waals surface area contributed by atoms with Gasteiger partial charge in [0.1, 0.15) is 5.75 Å². The Bertz CT molecular complexity index is 1160. The normalized spacial score (nSPS) is 14.4. The molecule has 2 aromatic carbocycles. The second-order valence-electron chi connectivity index (χ2n) is 7.56. The maximum Gasteiger partial charge on any atom is 0.270 e. The van der Waals surface area contributed by atoms with Crippen LogP contribution in [0.5, 0.6) is 5.75 Å². The first-order valence-electron chi connectivity index (χ1n) is 10.7. The molecular formula is C22H24ClN5O4S. The smallest absolute Gasteiger partial charge is 0.270 e. The minimum atomic E-state index is -0.546. The van der Waals surface area contributed by atoms with Crippen LogP contribution in [0.4, 0.5) is 10.8 Å². The SMILES string of the molecule is CCOc1ccc2nc(N3CCN(CCNC(=O)c4cc([N+](=O)[O-])ccc4Cl)CC3)sc2c1. The van der Waals surface area contributed by atoms with E-state index in [1.54, 1.807) is 11.3 Å². The number of aromatic nitrogens is 1. The van der Waals surface area contributed by atoms with Crippen molar-refractivity contribution in [2.24, 2.45) is 0 Å². The van der Waals surface area contributed by atoms with Crippen molar-refractivity contribution in [3.05, 3.63) is 57.1 Å². The number of nitro benzene ring substituents is 1. The number of anilines is 1. The second kappa shape index (κ2) is 10.3. The van der Waals surface area contributed by atoms with Crippen LogP contribution in [-0.4, -0.2) is 66.6 Å². The van der Waals surface area contributed by atoms with Gasteiger partial charge in [-0.1, -0.05) is 22.9 Å². The fourth-order valence-electron chi connectivity index (χ4n) is 3.67. The van der Waals surface area contributed by atoms with Crippen molar-refractivity contribution in [2.45, 2.75) is 6.92 Å². The quantitative estimate of drug-likeness (QED) is 0.379. The fourth-order valence-corrected chi connectivity index (χ4v) is 4.92. The summed E-state index contributed by atoms with van der Waals surface area (Å²) >= 11 is 7.71. The van der Waals surface area contributed by atoms with Crippen molar-refractivity contribution in [2.75, 3.05) is 50.8 Å². The lowest BCUT2D eigenvalue weighted by Crippen LogP contribution is -2.48. The topological polar surface area (TPSA) is 101 Å². The molecule has 1 aromatic heterocycles. The summed E-state index contributed by atoms with van der Waals surface area (Å²) in [5.41, 5.74) is 0.923. The average molecular weight is 490 g/mol. The summed E-state index contributed by atoms with van der Waals surface area (Å²) in [6, 6.07) is 9.82. The molecular weight excluding hydrogens is 466 g/mol. The average Bonchev–Trinajstić information content (AvgIpc) is 3.23. The number of nitro groups is 1. The molecule has 3 aromatic rings. The van der Waals surface area contributed by atoms with E-state index in [4.69, 9.17) is 21.3 Å². The van der Waals surface area contributed by atoms with E-state index in [0.717, 1.165) is 47.3 Å². The highest BCUT2D eigenvalue weighted by molar-refractivity contribution is 7.22. The number of amides is 1. The summed E-state index contributed by atoms with van der Waals surface area (Å²) < 4.78 is 6.69. The number of fused-ring (bicyclic) bond motifs is 1. The third kappa shape index (κ3) is 5.52. The molecule has 0 radical (unpaired) electrons. The van der Waals surface area contributed by atoms with Gasteiger partial charge in [-0.3, -0.25) is 19.8 Å². The first-order chi connectivity index (χ1) is 15.9. The van der Waals surface area contributed by atoms with Gasteiger partial charge in [0.25, 0.3) is 11.6 Å². The zero-order valence-corrected chi connectivity index (χ0v) is 19.7. The molecule has 1 saturated heterocycles. The van der Waals surface area contributed by atoms with Crippen LogP contribution in [0.1, 0.15) is 17.3 Å². The first kappa shape index (κ1) is 23.2. The molecule has 0 aliphatic carbocycles. The molecule has 1 fully saturated rings. The standard InChI is InChI=1S/C22H24ClN5O4S/c1-2-32-16-4-6-19-20(14-16)33-22(25-19)27-11-9-26(10-12-27)8-7-24-21(29)17-13-15(28(30)31)3-5-18(17)23/h3-6,13-14H,2,7-12H2,1H3,(H,24,29). The molecule has 1 N–H and O–H groups in total. The lowest BCUT2D eigenvalue weighted by molar-refractivity contribution is -0.384. The van der Waals surface area contributed by atoms with Crippen LogP contribution >= 0.6 is 22.9 Å². The van der Waals surface area contributed by atoms with Crippen molar-refractivity contribution >= 4 is 49.9 Å². The van der Waals surface area contributed by atoms with Gasteiger partial charge in [-0.15, -0.1) is 0 Å². The van der Waals surface area contributed by atoms with E-state index in [2.05, 4.69) is 15.1 Å². The summed E-state index contributed by atoms with van der Waals surface area (Å²) in [6.45, 7) is 7.13. The van der Waals surface area contributed by atoms with Crippen LogP contribution in [0, 0.1) is 10.1 Å². The number of ether oxygens (including phenoxy) is 1. The van der Waals surface area contributed by atoms with E-state index in [1.807, 2.05) is 25.1 Å². The zero-order chi connectivity index (χ0) is 23.4. The van der Waals surface area contributed by atoms with Crippen molar-refractivity contribution in [1.29, 1.82) is 0 Å². The Hall–Kier alpha value is -2.95. The molecule has 33 heavy (non-hydrogen) atoms. The largest absolute Gasteiger partial charge is 0.494 e. The Morgan fingerprint density at radius 2 is 2.03 bits per heavy atom. The van der Waals surface area contributed by atoms with Crippen molar-refractivity contribution in [3.8, 4) is 5.75 Å². The molecule has 1 aliphatic rings. The molecule has 0 atom stereocenters. The summed E-state index contributed by atoms with van der Waals surface area (Å²) in [5.74, 6) is 0.446. The van der Waals surface area contributed by atoms with Crippen LogP contribution in [0.15, 0.2) is 36.4 Å². The minimum Gasteiger partial charge on any atom is -0.494 e. The van der Waals surface area contributed by atoms with Gasteiger partial charge in [-0.25, -0.2) is 4.98 Å². The van der Waals surface area contributed by atoms with Crippen LogP contribution in [0.25, 0.3) is 10.2 Å². The van der Waals surface area contributed by atoms with E-state index in [-0.39, 0.29) is 16.3 Å². The van der Waals surface area contributed by atoms with Crippen molar-refractivity contribution in [3.63, 3.8) is 0 Å². The Morgan fingerprint density at radius 3 is 2.76 bits per heavy atom. The van der Waals surface area contributed by atoms with Crippen molar-refractivity contribution < 1.29 is 14.5 Å². The lowest BCUT2D eigenvalue weighted by Gasteiger charge is -2.34. The number of hydrogen-bond donors (Lipinski definition) is 1. The minimum absolute atomic E-state index is 0.110. The molecule has 174 valence electrons. The highest BCUT2D eigenvalue weighted by Gasteiger charge is 2.21. The number of carbonyl (C=O) groups excluding carboxylic acids is 1. The Labute approximate surface area is 200 Å². The second-order valence-corrected chi connectivity index (χ2v) is 8.98. The van der Waals surface area contributed by atoms with Crippen molar-refractivity contribution in [1.82, 2.24) is 15.2 Å². The number of rotatable bonds is 8. The van der Waals surface area contributed by atoms with Crippen LogP contribution in [0.2, 0.25) is 5.02 Å². The first-order valence-corrected chi connectivity index (χ1v) is 11.9. The highest BCUT2D eigenvalue weighted by Crippen LogP contribution is 2.32. The molecule has 0 saturated carbocycles. The molecule has 9 nitrogen and oxygen atoms in total. The van der Waals surface area contributed by atoms with Gasteiger partial charge in [0.05, 0.1) is 32.3 Å². The zero-order valence-electron chi connectivity index (χ0n) is 18.1. The predicted octanol–water partition coefficient (Wildman–Crippen LogP) is 3.81. The molecule has 2 heterocycles. The molecule has 0 spiro atoms. The van der Waals surface area contributed by atoms with E-state index < -0.39 is 10.8 Å². The van der Waals surface area contributed by atoms with E-state index in [9.17, 15) is 14.9 Å². The van der Waals surface area contributed by atoms with E-state index in [0.29, 0.717) is 19.7 Å². The van der Waals surface area contributed by atoms with Gasteiger partial charge in [0.15, 0.2) is 5.13 Å². The summed E-state index contributed by atoms with van der Waals surface area (Å²) in [7, 11) is 0. The number of nitrogens with one attached hydrogen (secondary N) is 1. The van der Waals surface area contributed by atoms with Crippen LogP contribution in [0.3, 0.4) is 0 Å². The van der Waals surface area contributed by atoms with Gasteiger partial charge in [-0.05, 0) is 31.2 Å². The monoisotopic (exact) mass is 489 g/mol. The predicted molar refractivity (Wildman–Crippen MR) is 130 cm³/mol. The Balaban J connectivity index is 1.27. The molecule has 0 unspecified atom stereocenters. The molecule has 1 aliphatic heterocycles. The van der Waals surface area contributed by atoms with Gasteiger partial charge in [-0.2, -0.15) is 0 Å². The Morgan fingerprint density at radius 1 is 1.24 bits per heavy atom. The number of piperazine rings is 1. The van der Waals surface area contributed by atoms with Crippen LogP contribution in [-0.2, 0) is 0 Å². The number of hydrogen-bond acceptors (Lipinski definition) is 8. The fraction of sp³-hybridized carbons (Fsp3) is 0.364. The Kier molecular flexibility index (Phi) is 7.26. The number of halogens is 1. The maximum atomic E-state index is 12.4. The van der Waals surface area contributed by atoms with Gasteiger partial charge in [0.2, 0.25) is 0 Å². The summed E-state index contributed by atoms with van der Waals surface area (Å²) in [4.78, 5) is 32.1. The molecule has 1 amide bonds. The number of nitrogens with zero attached hydrogens (tertiary/aromatic N) is 4. The van der Waals surface area contributed by atoms with Gasteiger partial charge in [0, 0.05) is 51.4 Å². The number of non-ortho nitro benzene ring substituents is 1. The number of thiazole rings is 1. The molecule has 11 heteroatoms. The maximum absolute atomic E-state index is 12.4. The third-order valence-corrected chi connectivity index (χ3v) is 6.83. The van der Waals surface area contributed by atoms with Gasteiger partial charge >= 0.3 is 0 Å². The van der Waals surface area contributed by atoms with E-state index in [1.165, 1.54) is 18.2 Å². The summed E-state index contributed by atoms with van der Waals surface area (Å²) in [5, 5.41) is 14.9. The summed E-state index contributed by atoms with van der Waals surface area (Å²) in [6.07, 6.45) is 0.